The lowest BCUT2D eigenvalue weighted by atomic mass is 10.0. The molecule has 104 valence electrons. The Kier molecular flexibility index (Phi) is 4.88. The molecular formula is C17H20N2O. The number of rotatable bonds is 5. The molecule has 2 aromatic rings. The van der Waals surface area contributed by atoms with Gasteiger partial charge in [-0.05, 0) is 28.7 Å². The van der Waals surface area contributed by atoms with Crippen molar-refractivity contribution in [1.29, 1.82) is 0 Å². The van der Waals surface area contributed by atoms with Crippen LogP contribution in [0.4, 0.5) is 0 Å². The summed E-state index contributed by atoms with van der Waals surface area (Å²) in [5.41, 5.74) is 3.35. The summed E-state index contributed by atoms with van der Waals surface area (Å²) in [4.78, 5) is 15.9. The minimum atomic E-state index is 0.0335. The molecule has 1 amide bonds. The van der Waals surface area contributed by atoms with Crippen LogP contribution in [0.3, 0.4) is 0 Å². The molecule has 2 rings (SSSR count). The fourth-order valence-corrected chi connectivity index (χ4v) is 1.97. The number of carbonyl (C=O) groups excluding carboxylic acids is 1. The second-order valence-electron chi connectivity index (χ2n) is 5.21. The molecule has 20 heavy (non-hydrogen) atoms. The molecule has 1 aromatic heterocycles. The highest BCUT2D eigenvalue weighted by Crippen LogP contribution is 2.14. The number of hydrogen-bond acceptors (Lipinski definition) is 2. The smallest absolute Gasteiger partial charge is 0.224 e. The third-order valence-electron chi connectivity index (χ3n) is 3.22. The number of aromatic nitrogens is 1. The highest BCUT2D eigenvalue weighted by molar-refractivity contribution is 5.78. The standard InChI is InChI=1S/C17H20N2O/c1-13(2)16-7-5-14(6-8-16)10-17(20)19-12-15-4-3-9-18-11-15/h3-9,11,13H,10,12H2,1-2H3,(H,19,20). The Morgan fingerprint density at radius 3 is 2.50 bits per heavy atom. The van der Waals surface area contributed by atoms with Gasteiger partial charge in [-0.15, -0.1) is 0 Å². The molecule has 0 spiro atoms. The quantitative estimate of drug-likeness (QED) is 0.905. The minimum Gasteiger partial charge on any atom is -0.352 e. The zero-order chi connectivity index (χ0) is 14.4. The normalized spacial score (nSPS) is 10.6. The van der Waals surface area contributed by atoms with Crippen LogP contribution in [0.1, 0.15) is 36.5 Å². The number of carbonyl (C=O) groups is 1. The zero-order valence-corrected chi connectivity index (χ0v) is 12.0. The van der Waals surface area contributed by atoms with Crippen LogP contribution in [-0.4, -0.2) is 10.9 Å². The van der Waals surface area contributed by atoms with Crippen molar-refractivity contribution in [2.45, 2.75) is 32.7 Å². The van der Waals surface area contributed by atoms with Gasteiger partial charge in [-0.3, -0.25) is 9.78 Å². The maximum Gasteiger partial charge on any atom is 0.224 e. The van der Waals surface area contributed by atoms with Gasteiger partial charge in [-0.2, -0.15) is 0 Å². The molecule has 0 unspecified atom stereocenters. The second kappa shape index (κ2) is 6.85. The third-order valence-corrected chi connectivity index (χ3v) is 3.22. The molecule has 1 N–H and O–H groups in total. The van der Waals surface area contributed by atoms with E-state index in [9.17, 15) is 4.79 Å². The van der Waals surface area contributed by atoms with Crippen molar-refractivity contribution in [2.24, 2.45) is 0 Å². The van der Waals surface area contributed by atoms with Gasteiger partial charge in [0.15, 0.2) is 0 Å². The van der Waals surface area contributed by atoms with Crippen LogP contribution in [0.15, 0.2) is 48.8 Å². The summed E-state index contributed by atoms with van der Waals surface area (Å²) in [5, 5.41) is 2.91. The summed E-state index contributed by atoms with van der Waals surface area (Å²) in [6.45, 7) is 4.85. The SMILES string of the molecule is CC(C)c1ccc(CC(=O)NCc2cccnc2)cc1. The molecule has 0 fully saturated rings. The molecule has 0 aliphatic rings. The van der Waals surface area contributed by atoms with Crippen LogP contribution < -0.4 is 5.32 Å². The van der Waals surface area contributed by atoms with E-state index in [0.29, 0.717) is 18.9 Å². The number of benzene rings is 1. The molecular weight excluding hydrogens is 248 g/mol. The summed E-state index contributed by atoms with van der Waals surface area (Å²) in [6.07, 6.45) is 3.90. The molecule has 1 heterocycles. The Morgan fingerprint density at radius 2 is 1.90 bits per heavy atom. The van der Waals surface area contributed by atoms with Gasteiger partial charge >= 0.3 is 0 Å². The van der Waals surface area contributed by atoms with Crippen molar-refractivity contribution in [2.75, 3.05) is 0 Å². The average Bonchev–Trinajstić information content (AvgIpc) is 2.47. The van der Waals surface area contributed by atoms with E-state index >= 15 is 0 Å². The van der Waals surface area contributed by atoms with Crippen molar-refractivity contribution < 1.29 is 4.79 Å². The van der Waals surface area contributed by atoms with Crippen molar-refractivity contribution in [1.82, 2.24) is 10.3 Å². The third kappa shape index (κ3) is 4.19. The Balaban J connectivity index is 1.85. The largest absolute Gasteiger partial charge is 0.352 e. The van der Waals surface area contributed by atoms with Gasteiger partial charge in [0, 0.05) is 18.9 Å². The zero-order valence-electron chi connectivity index (χ0n) is 12.0. The lowest BCUT2D eigenvalue weighted by molar-refractivity contribution is -0.120. The first-order chi connectivity index (χ1) is 9.65. The van der Waals surface area contributed by atoms with Crippen molar-refractivity contribution in [3.05, 3.63) is 65.5 Å². The van der Waals surface area contributed by atoms with Gasteiger partial charge < -0.3 is 5.32 Å². The average molecular weight is 268 g/mol. The van der Waals surface area contributed by atoms with Crippen LogP contribution >= 0.6 is 0 Å². The van der Waals surface area contributed by atoms with Crippen LogP contribution in [-0.2, 0) is 17.8 Å². The molecule has 3 nitrogen and oxygen atoms in total. The Bertz CT molecular complexity index is 547. The van der Waals surface area contributed by atoms with Crippen LogP contribution in [0.2, 0.25) is 0 Å². The Hall–Kier alpha value is -2.16. The van der Waals surface area contributed by atoms with Crippen LogP contribution in [0.25, 0.3) is 0 Å². The molecule has 0 saturated carbocycles. The second-order valence-corrected chi connectivity index (χ2v) is 5.21. The molecule has 1 aromatic carbocycles. The summed E-state index contributed by atoms with van der Waals surface area (Å²) in [7, 11) is 0. The molecule has 0 aliphatic heterocycles. The monoisotopic (exact) mass is 268 g/mol. The first-order valence-electron chi connectivity index (χ1n) is 6.89. The van der Waals surface area contributed by atoms with Gasteiger partial charge in [0.05, 0.1) is 6.42 Å². The maximum absolute atomic E-state index is 11.9. The predicted octanol–water partition coefficient (Wildman–Crippen LogP) is 3.06. The number of pyridine rings is 1. The first kappa shape index (κ1) is 14.3. The fourth-order valence-electron chi connectivity index (χ4n) is 1.97. The summed E-state index contributed by atoms with van der Waals surface area (Å²) in [6, 6.07) is 12.1. The number of hydrogen-bond donors (Lipinski definition) is 1. The molecule has 0 saturated heterocycles. The number of nitrogens with one attached hydrogen (secondary N) is 1. The lowest BCUT2D eigenvalue weighted by Crippen LogP contribution is -2.24. The van der Waals surface area contributed by atoms with Crippen molar-refractivity contribution in [3.63, 3.8) is 0 Å². The highest BCUT2D eigenvalue weighted by atomic mass is 16.1. The molecule has 0 radical (unpaired) electrons. The molecule has 0 atom stereocenters. The van der Waals surface area contributed by atoms with E-state index in [1.54, 1.807) is 12.4 Å². The number of amides is 1. The summed E-state index contributed by atoms with van der Waals surface area (Å²) in [5.74, 6) is 0.551. The van der Waals surface area contributed by atoms with Crippen LogP contribution in [0, 0.1) is 0 Å². The highest BCUT2D eigenvalue weighted by Gasteiger charge is 2.04. The number of nitrogens with zero attached hydrogens (tertiary/aromatic N) is 1. The van der Waals surface area contributed by atoms with Crippen LogP contribution in [0.5, 0.6) is 0 Å². The van der Waals surface area contributed by atoms with Gasteiger partial charge in [0.25, 0.3) is 0 Å². The van der Waals surface area contributed by atoms with E-state index in [4.69, 9.17) is 0 Å². The summed E-state index contributed by atoms with van der Waals surface area (Å²) >= 11 is 0. The van der Waals surface area contributed by atoms with Crippen molar-refractivity contribution in [3.8, 4) is 0 Å². The Labute approximate surface area is 120 Å². The van der Waals surface area contributed by atoms with Gasteiger partial charge in [0.2, 0.25) is 5.91 Å². The summed E-state index contributed by atoms with van der Waals surface area (Å²) < 4.78 is 0. The van der Waals surface area contributed by atoms with E-state index in [1.807, 2.05) is 24.3 Å². The molecule has 3 heteroatoms. The van der Waals surface area contributed by atoms with Gasteiger partial charge in [-0.1, -0.05) is 44.2 Å². The molecule has 0 aliphatic carbocycles. The topological polar surface area (TPSA) is 42.0 Å². The first-order valence-corrected chi connectivity index (χ1v) is 6.89. The van der Waals surface area contributed by atoms with Gasteiger partial charge in [0.1, 0.15) is 0 Å². The lowest BCUT2D eigenvalue weighted by Gasteiger charge is -2.08. The predicted molar refractivity (Wildman–Crippen MR) is 80.3 cm³/mol. The van der Waals surface area contributed by atoms with E-state index in [-0.39, 0.29) is 5.91 Å². The van der Waals surface area contributed by atoms with Crippen molar-refractivity contribution >= 4 is 5.91 Å². The maximum atomic E-state index is 11.9. The molecule has 0 bridgehead atoms. The minimum absolute atomic E-state index is 0.0335. The van der Waals surface area contributed by atoms with E-state index < -0.39 is 0 Å². The fraction of sp³-hybridized carbons (Fsp3) is 0.294. The van der Waals surface area contributed by atoms with E-state index in [2.05, 4.69) is 36.3 Å². The Morgan fingerprint density at radius 1 is 1.15 bits per heavy atom. The van der Waals surface area contributed by atoms with E-state index in [0.717, 1.165) is 11.1 Å². The van der Waals surface area contributed by atoms with Gasteiger partial charge in [-0.25, -0.2) is 0 Å². The van der Waals surface area contributed by atoms with E-state index in [1.165, 1.54) is 5.56 Å².